The summed E-state index contributed by atoms with van der Waals surface area (Å²) in [5.41, 5.74) is 0.211. The molecular weight excluding hydrogens is 244 g/mol. The highest BCUT2D eigenvalue weighted by Gasteiger charge is 2.19. The first kappa shape index (κ1) is 13.7. The van der Waals surface area contributed by atoms with E-state index in [0.29, 0.717) is 25.3 Å². The minimum absolute atomic E-state index is 0.0910. The fraction of sp³-hybridized carbons (Fsp3) is 0.615. The van der Waals surface area contributed by atoms with Gasteiger partial charge in [-0.15, -0.1) is 0 Å². The molecule has 1 aliphatic rings. The summed E-state index contributed by atoms with van der Waals surface area (Å²) in [6, 6.07) is 2.95. The highest BCUT2D eigenvalue weighted by atomic mass is 16.2. The van der Waals surface area contributed by atoms with E-state index in [1.165, 1.54) is 16.8 Å². The van der Waals surface area contributed by atoms with E-state index in [-0.39, 0.29) is 11.5 Å². The predicted octanol–water partition coefficient (Wildman–Crippen LogP) is 0.0888. The summed E-state index contributed by atoms with van der Waals surface area (Å²) in [4.78, 5) is 25.7. The highest BCUT2D eigenvalue weighted by molar-refractivity contribution is 5.92. The minimum Gasteiger partial charge on any atom is -0.335 e. The molecule has 19 heavy (non-hydrogen) atoms. The van der Waals surface area contributed by atoms with Gasteiger partial charge in [-0.2, -0.15) is 5.10 Å². The van der Waals surface area contributed by atoms with Crippen molar-refractivity contribution in [1.82, 2.24) is 20.0 Å². The Morgan fingerprint density at radius 1 is 1.37 bits per heavy atom. The molecule has 1 fully saturated rings. The molecule has 6 heteroatoms. The molecule has 2 heterocycles. The molecule has 1 saturated heterocycles. The van der Waals surface area contributed by atoms with Crippen LogP contribution in [0.4, 0.5) is 0 Å². The van der Waals surface area contributed by atoms with Gasteiger partial charge in [0.2, 0.25) is 0 Å². The van der Waals surface area contributed by atoms with Gasteiger partial charge in [0.25, 0.3) is 11.5 Å². The van der Waals surface area contributed by atoms with Crippen molar-refractivity contribution in [3.05, 3.63) is 28.2 Å². The van der Waals surface area contributed by atoms with E-state index >= 15 is 0 Å². The van der Waals surface area contributed by atoms with Crippen LogP contribution in [0.1, 0.15) is 30.3 Å². The third kappa shape index (κ3) is 3.41. The molecule has 0 aromatic carbocycles. The SMILES string of the molecule is CCCCn1nc(C(=O)N2CCNCC2)ccc1=O. The Morgan fingerprint density at radius 3 is 2.79 bits per heavy atom. The van der Waals surface area contributed by atoms with Crippen LogP contribution in [0.15, 0.2) is 16.9 Å². The Hall–Kier alpha value is -1.69. The van der Waals surface area contributed by atoms with Gasteiger partial charge in [-0.3, -0.25) is 9.59 Å². The summed E-state index contributed by atoms with van der Waals surface area (Å²) in [7, 11) is 0. The van der Waals surface area contributed by atoms with E-state index in [2.05, 4.69) is 17.3 Å². The number of piperazine rings is 1. The van der Waals surface area contributed by atoms with Gasteiger partial charge >= 0.3 is 0 Å². The van der Waals surface area contributed by atoms with Crippen LogP contribution < -0.4 is 10.9 Å². The van der Waals surface area contributed by atoms with Gasteiger partial charge in [0, 0.05) is 38.8 Å². The molecule has 1 aromatic heterocycles. The van der Waals surface area contributed by atoms with Crippen LogP contribution in [0, 0.1) is 0 Å². The molecule has 0 spiro atoms. The standard InChI is InChI=1S/C13H20N4O2/c1-2-3-8-17-12(18)5-4-11(15-17)13(19)16-9-6-14-7-10-16/h4-5,14H,2-3,6-10H2,1H3. The first-order valence-electron chi connectivity index (χ1n) is 6.80. The van der Waals surface area contributed by atoms with Crippen molar-refractivity contribution < 1.29 is 4.79 Å². The van der Waals surface area contributed by atoms with E-state index < -0.39 is 0 Å². The lowest BCUT2D eigenvalue weighted by molar-refractivity contribution is 0.0727. The summed E-state index contributed by atoms with van der Waals surface area (Å²) < 4.78 is 1.39. The van der Waals surface area contributed by atoms with E-state index in [1.807, 2.05) is 0 Å². The zero-order valence-corrected chi connectivity index (χ0v) is 11.3. The molecule has 104 valence electrons. The van der Waals surface area contributed by atoms with Crippen LogP contribution in [-0.2, 0) is 6.54 Å². The van der Waals surface area contributed by atoms with Crippen molar-refractivity contribution in [3.8, 4) is 0 Å². The average Bonchev–Trinajstić information content (AvgIpc) is 2.46. The van der Waals surface area contributed by atoms with Crippen LogP contribution >= 0.6 is 0 Å². The Balaban J connectivity index is 2.14. The van der Waals surface area contributed by atoms with Crippen LogP contribution in [-0.4, -0.2) is 46.8 Å². The molecule has 0 bridgehead atoms. The topological polar surface area (TPSA) is 67.2 Å². The molecule has 6 nitrogen and oxygen atoms in total. The lowest BCUT2D eigenvalue weighted by Crippen LogP contribution is -2.47. The first-order valence-corrected chi connectivity index (χ1v) is 6.80. The zero-order valence-electron chi connectivity index (χ0n) is 11.3. The monoisotopic (exact) mass is 264 g/mol. The van der Waals surface area contributed by atoms with Gasteiger partial charge in [-0.1, -0.05) is 13.3 Å². The third-order valence-corrected chi connectivity index (χ3v) is 3.21. The van der Waals surface area contributed by atoms with Crippen molar-refractivity contribution in [2.45, 2.75) is 26.3 Å². The van der Waals surface area contributed by atoms with Gasteiger partial charge < -0.3 is 10.2 Å². The van der Waals surface area contributed by atoms with E-state index in [9.17, 15) is 9.59 Å². The third-order valence-electron chi connectivity index (χ3n) is 3.21. The predicted molar refractivity (Wildman–Crippen MR) is 72.2 cm³/mol. The van der Waals surface area contributed by atoms with Gasteiger partial charge in [-0.05, 0) is 12.5 Å². The molecular formula is C13H20N4O2. The second kappa shape index (κ2) is 6.47. The molecule has 2 rings (SSSR count). The second-order valence-corrected chi connectivity index (χ2v) is 4.68. The summed E-state index contributed by atoms with van der Waals surface area (Å²) in [5, 5.41) is 7.38. The molecule has 1 aromatic rings. The molecule has 0 radical (unpaired) electrons. The van der Waals surface area contributed by atoms with Crippen LogP contribution in [0.5, 0.6) is 0 Å². The number of nitrogens with one attached hydrogen (secondary N) is 1. The zero-order chi connectivity index (χ0) is 13.7. The fourth-order valence-electron chi connectivity index (χ4n) is 2.06. The molecule has 1 aliphatic heterocycles. The Kier molecular flexibility index (Phi) is 4.68. The molecule has 0 saturated carbocycles. The summed E-state index contributed by atoms with van der Waals surface area (Å²) >= 11 is 0. The Bertz CT molecular complexity index is 492. The second-order valence-electron chi connectivity index (χ2n) is 4.68. The summed E-state index contributed by atoms with van der Waals surface area (Å²) in [5.74, 6) is -0.0910. The van der Waals surface area contributed by atoms with Gasteiger partial charge in [0.1, 0.15) is 5.69 Å². The number of aryl methyl sites for hydroxylation is 1. The maximum atomic E-state index is 12.3. The fourth-order valence-corrected chi connectivity index (χ4v) is 2.06. The number of rotatable bonds is 4. The summed E-state index contributed by atoms with van der Waals surface area (Å²) in [6.07, 6.45) is 1.88. The van der Waals surface area contributed by atoms with Gasteiger partial charge in [-0.25, -0.2) is 4.68 Å². The van der Waals surface area contributed by atoms with Crippen LogP contribution in [0.2, 0.25) is 0 Å². The molecule has 0 atom stereocenters. The molecule has 1 N–H and O–H groups in total. The largest absolute Gasteiger partial charge is 0.335 e. The number of carbonyl (C=O) groups is 1. The van der Waals surface area contributed by atoms with E-state index in [0.717, 1.165) is 25.9 Å². The molecule has 0 aliphatic carbocycles. The summed E-state index contributed by atoms with van der Waals surface area (Å²) in [6.45, 7) is 5.62. The van der Waals surface area contributed by atoms with Crippen LogP contribution in [0.3, 0.4) is 0 Å². The van der Waals surface area contributed by atoms with Gasteiger partial charge in [0.15, 0.2) is 0 Å². The van der Waals surface area contributed by atoms with Crippen molar-refractivity contribution in [2.24, 2.45) is 0 Å². The van der Waals surface area contributed by atoms with E-state index in [4.69, 9.17) is 0 Å². The normalized spacial score (nSPS) is 15.5. The van der Waals surface area contributed by atoms with Crippen molar-refractivity contribution >= 4 is 5.91 Å². The Morgan fingerprint density at radius 2 is 2.11 bits per heavy atom. The first-order chi connectivity index (χ1) is 9.22. The number of nitrogens with zero attached hydrogens (tertiary/aromatic N) is 3. The number of aromatic nitrogens is 2. The van der Waals surface area contributed by atoms with Crippen molar-refractivity contribution in [2.75, 3.05) is 26.2 Å². The molecule has 0 unspecified atom stereocenters. The number of hydrogen-bond acceptors (Lipinski definition) is 4. The number of carbonyl (C=O) groups excluding carboxylic acids is 1. The number of unbranched alkanes of at least 4 members (excludes halogenated alkanes) is 1. The average molecular weight is 264 g/mol. The maximum Gasteiger partial charge on any atom is 0.274 e. The molecule has 1 amide bonds. The van der Waals surface area contributed by atoms with Crippen molar-refractivity contribution in [3.63, 3.8) is 0 Å². The van der Waals surface area contributed by atoms with E-state index in [1.54, 1.807) is 4.90 Å². The van der Waals surface area contributed by atoms with Crippen molar-refractivity contribution in [1.29, 1.82) is 0 Å². The number of amides is 1. The smallest absolute Gasteiger partial charge is 0.274 e. The van der Waals surface area contributed by atoms with Crippen LogP contribution in [0.25, 0.3) is 0 Å². The number of hydrogen-bond donors (Lipinski definition) is 1. The quantitative estimate of drug-likeness (QED) is 0.837. The maximum absolute atomic E-state index is 12.3. The Labute approximate surface area is 112 Å². The van der Waals surface area contributed by atoms with Gasteiger partial charge in [0.05, 0.1) is 0 Å². The minimum atomic E-state index is -0.148. The lowest BCUT2D eigenvalue weighted by Gasteiger charge is -2.27. The highest BCUT2D eigenvalue weighted by Crippen LogP contribution is 2.02. The lowest BCUT2D eigenvalue weighted by atomic mass is 10.3.